The maximum absolute atomic E-state index is 12.4. The fourth-order valence-corrected chi connectivity index (χ4v) is 1.76. The number of hydrogen-bond acceptors (Lipinski definition) is 1. The molecule has 18 heavy (non-hydrogen) atoms. The fraction of sp³-hybridized carbons (Fsp3) is 0.214. The number of rotatable bonds is 2. The van der Waals surface area contributed by atoms with Crippen molar-refractivity contribution in [2.75, 3.05) is 0 Å². The van der Waals surface area contributed by atoms with Crippen LogP contribution in [-0.2, 0) is 6.18 Å². The second-order valence-electron chi connectivity index (χ2n) is 4.11. The second kappa shape index (κ2) is 4.80. The van der Waals surface area contributed by atoms with Gasteiger partial charge in [-0.05, 0) is 17.2 Å². The molecule has 0 N–H and O–H groups in total. The van der Waals surface area contributed by atoms with E-state index in [-0.39, 0.29) is 5.92 Å². The van der Waals surface area contributed by atoms with Gasteiger partial charge in [0.15, 0.2) is 0 Å². The van der Waals surface area contributed by atoms with E-state index in [1.165, 1.54) is 12.3 Å². The molecule has 2 aromatic rings. The Morgan fingerprint density at radius 1 is 0.944 bits per heavy atom. The van der Waals surface area contributed by atoms with Gasteiger partial charge < -0.3 is 0 Å². The van der Waals surface area contributed by atoms with Crippen LogP contribution >= 0.6 is 0 Å². The first-order valence-electron chi connectivity index (χ1n) is 5.56. The van der Waals surface area contributed by atoms with E-state index in [2.05, 4.69) is 4.98 Å². The second-order valence-corrected chi connectivity index (χ2v) is 4.11. The van der Waals surface area contributed by atoms with Crippen LogP contribution in [0.2, 0.25) is 0 Å². The summed E-state index contributed by atoms with van der Waals surface area (Å²) in [5.74, 6) is 0.0287. The van der Waals surface area contributed by atoms with Crippen LogP contribution in [0.15, 0.2) is 48.7 Å². The van der Waals surface area contributed by atoms with Crippen molar-refractivity contribution in [3.63, 3.8) is 0 Å². The molecular formula is C14H12F3N. The number of halogens is 3. The molecule has 0 amide bonds. The lowest BCUT2D eigenvalue weighted by atomic mass is 9.94. The third-order valence-electron chi connectivity index (χ3n) is 2.88. The van der Waals surface area contributed by atoms with Gasteiger partial charge >= 0.3 is 6.18 Å². The third kappa shape index (κ3) is 2.70. The summed E-state index contributed by atoms with van der Waals surface area (Å²) < 4.78 is 37.1. The summed E-state index contributed by atoms with van der Waals surface area (Å²) in [6.07, 6.45) is -3.09. The van der Waals surface area contributed by atoms with E-state index in [9.17, 15) is 13.2 Å². The molecule has 0 saturated heterocycles. The van der Waals surface area contributed by atoms with E-state index >= 15 is 0 Å². The van der Waals surface area contributed by atoms with Gasteiger partial charge in [-0.3, -0.25) is 4.98 Å². The molecule has 1 aromatic heterocycles. The highest BCUT2D eigenvalue weighted by Gasteiger charge is 2.32. The third-order valence-corrected chi connectivity index (χ3v) is 2.88. The number of nitrogens with zero attached hydrogens (tertiary/aromatic N) is 1. The number of benzene rings is 1. The average Bonchev–Trinajstić information content (AvgIpc) is 2.38. The van der Waals surface area contributed by atoms with E-state index in [0.717, 1.165) is 17.2 Å². The van der Waals surface area contributed by atoms with Gasteiger partial charge in [0.2, 0.25) is 0 Å². The van der Waals surface area contributed by atoms with Crippen LogP contribution < -0.4 is 0 Å². The van der Waals surface area contributed by atoms with Crippen LogP contribution in [0.4, 0.5) is 13.2 Å². The van der Waals surface area contributed by atoms with Gasteiger partial charge in [0, 0.05) is 12.1 Å². The Labute approximate surface area is 103 Å². The molecule has 0 bridgehead atoms. The Kier molecular flexibility index (Phi) is 3.36. The number of alkyl halides is 3. The van der Waals surface area contributed by atoms with Crippen LogP contribution in [0.3, 0.4) is 0 Å². The molecule has 94 valence electrons. The monoisotopic (exact) mass is 251 g/mol. The van der Waals surface area contributed by atoms with Crippen molar-refractivity contribution in [2.45, 2.75) is 19.0 Å². The summed E-state index contributed by atoms with van der Waals surface area (Å²) in [7, 11) is 0. The van der Waals surface area contributed by atoms with Crippen LogP contribution in [0.25, 0.3) is 0 Å². The molecular weight excluding hydrogens is 239 g/mol. The van der Waals surface area contributed by atoms with E-state index < -0.39 is 11.9 Å². The van der Waals surface area contributed by atoms with Gasteiger partial charge in [0.25, 0.3) is 0 Å². The van der Waals surface area contributed by atoms with Gasteiger partial charge in [0.1, 0.15) is 5.69 Å². The molecule has 2 rings (SSSR count). The van der Waals surface area contributed by atoms with E-state index in [1.54, 1.807) is 0 Å². The molecule has 4 heteroatoms. The highest BCUT2D eigenvalue weighted by Crippen LogP contribution is 2.29. The van der Waals surface area contributed by atoms with Crippen molar-refractivity contribution in [1.82, 2.24) is 4.98 Å². The van der Waals surface area contributed by atoms with Gasteiger partial charge in [-0.15, -0.1) is 0 Å². The molecule has 0 fully saturated rings. The minimum absolute atomic E-state index is 0.0287. The largest absolute Gasteiger partial charge is 0.433 e. The zero-order chi connectivity index (χ0) is 13.2. The standard InChI is InChI=1S/C14H12F3N/c1-10(11-5-3-2-4-6-11)12-7-8-13(18-9-12)14(15,16)17/h2-10H,1H3. The maximum Gasteiger partial charge on any atom is 0.433 e. The van der Waals surface area contributed by atoms with Gasteiger partial charge in [0.05, 0.1) is 0 Å². The molecule has 1 atom stereocenters. The lowest BCUT2D eigenvalue weighted by Crippen LogP contribution is -2.08. The summed E-state index contributed by atoms with van der Waals surface area (Å²) in [6, 6.07) is 12.1. The van der Waals surface area contributed by atoms with Crippen molar-refractivity contribution in [2.24, 2.45) is 0 Å². The molecule has 1 unspecified atom stereocenters. The zero-order valence-electron chi connectivity index (χ0n) is 9.78. The van der Waals surface area contributed by atoms with Crippen LogP contribution in [-0.4, -0.2) is 4.98 Å². The van der Waals surface area contributed by atoms with Crippen LogP contribution in [0.1, 0.15) is 29.7 Å². The molecule has 0 aliphatic rings. The molecule has 0 radical (unpaired) electrons. The van der Waals surface area contributed by atoms with Crippen LogP contribution in [0.5, 0.6) is 0 Å². The zero-order valence-corrected chi connectivity index (χ0v) is 9.78. The summed E-state index contributed by atoms with van der Waals surface area (Å²) in [5, 5.41) is 0. The molecule has 1 nitrogen and oxygen atoms in total. The lowest BCUT2D eigenvalue weighted by molar-refractivity contribution is -0.141. The number of aromatic nitrogens is 1. The fourth-order valence-electron chi connectivity index (χ4n) is 1.76. The van der Waals surface area contributed by atoms with Crippen molar-refractivity contribution >= 4 is 0 Å². The minimum Gasteiger partial charge on any atom is -0.251 e. The first kappa shape index (κ1) is 12.6. The van der Waals surface area contributed by atoms with Gasteiger partial charge in [-0.1, -0.05) is 43.3 Å². The number of hydrogen-bond donors (Lipinski definition) is 0. The van der Waals surface area contributed by atoms with Crippen molar-refractivity contribution in [3.8, 4) is 0 Å². The lowest BCUT2D eigenvalue weighted by Gasteiger charge is -2.13. The topological polar surface area (TPSA) is 12.9 Å². The minimum atomic E-state index is -4.38. The Morgan fingerprint density at radius 2 is 1.61 bits per heavy atom. The van der Waals surface area contributed by atoms with Crippen LogP contribution in [0, 0.1) is 0 Å². The summed E-state index contributed by atoms with van der Waals surface area (Å²) in [6.45, 7) is 1.94. The Hall–Kier alpha value is -1.84. The smallest absolute Gasteiger partial charge is 0.251 e. The highest BCUT2D eigenvalue weighted by molar-refractivity contribution is 5.30. The predicted molar refractivity (Wildman–Crippen MR) is 63.2 cm³/mol. The van der Waals surface area contributed by atoms with Crippen molar-refractivity contribution in [1.29, 1.82) is 0 Å². The average molecular weight is 251 g/mol. The van der Waals surface area contributed by atoms with E-state index in [0.29, 0.717) is 0 Å². The molecule has 0 saturated carbocycles. The Morgan fingerprint density at radius 3 is 2.11 bits per heavy atom. The first-order chi connectivity index (χ1) is 8.48. The Bertz CT molecular complexity index is 503. The molecule has 1 heterocycles. The van der Waals surface area contributed by atoms with Crippen molar-refractivity contribution in [3.05, 3.63) is 65.5 Å². The normalized spacial score (nSPS) is 13.3. The Balaban J connectivity index is 2.25. The molecule has 0 spiro atoms. The van der Waals surface area contributed by atoms with E-state index in [1.807, 2.05) is 37.3 Å². The van der Waals surface area contributed by atoms with Gasteiger partial charge in [-0.2, -0.15) is 13.2 Å². The highest BCUT2D eigenvalue weighted by atomic mass is 19.4. The van der Waals surface area contributed by atoms with Crippen molar-refractivity contribution < 1.29 is 13.2 Å². The first-order valence-corrected chi connectivity index (χ1v) is 5.56. The molecule has 0 aliphatic heterocycles. The summed E-state index contributed by atoms with van der Waals surface area (Å²) >= 11 is 0. The predicted octanol–water partition coefficient (Wildman–Crippen LogP) is 4.25. The number of pyridine rings is 1. The maximum atomic E-state index is 12.4. The van der Waals surface area contributed by atoms with E-state index in [4.69, 9.17) is 0 Å². The molecule has 1 aromatic carbocycles. The van der Waals surface area contributed by atoms with Gasteiger partial charge in [-0.25, -0.2) is 0 Å². The summed E-state index contributed by atoms with van der Waals surface area (Å²) in [4.78, 5) is 3.47. The molecule has 0 aliphatic carbocycles. The summed E-state index contributed by atoms with van der Waals surface area (Å²) in [5.41, 5.74) is 0.972. The quantitative estimate of drug-likeness (QED) is 0.777. The SMILES string of the molecule is CC(c1ccccc1)c1ccc(C(F)(F)F)nc1.